The third kappa shape index (κ3) is 2.81. The van der Waals surface area contributed by atoms with Gasteiger partial charge in [0.15, 0.2) is 5.82 Å². The van der Waals surface area contributed by atoms with Crippen LogP contribution >= 0.6 is 0 Å². The number of piperidine rings is 1. The Labute approximate surface area is 112 Å². The molecule has 2 aromatic rings. The van der Waals surface area contributed by atoms with E-state index in [0.29, 0.717) is 5.92 Å². The highest BCUT2D eigenvalue weighted by Crippen LogP contribution is 2.22. The van der Waals surface area contributed by atoms with E-state index < -0.39 is 0 Å². The summed E-state index contributed by atoms with van der Waals surface area (Å²) < 4.78 is 0. The maximum absolute atomic E-state index is 4.52. The molecule has 1 aliphatic rings. The first-order valence-corrected chi connectivity index (χ1v) is 6.85. The monoisotopic (exact) mass is 257 g/mol. The predicted octanol–water partition coefficient (Wildman–Crippen LogP) is 1.72. The summed E-state index contributed by atoms with van der Waals surface area (Å²) in [6.45, 7) is 4.22. The number of nitrogens with zero attached hydrogens (tertiary/aromatic N) is 3. The molecule has 0 bridgehead atoms. The van der Waals surface area contributed by atoms with Gasteiger partial charge in [-0.15, -0.1) is 0 Å². The molecule has 2 aromatic heterocycles. The number of H-pyrrole nitrogens is 1. The summed E-state index contributed by atoms with van der Waals surface area (Å²) in [5.41, 5.74) is 3.01. The lowest BCUT2D eigenvalue weighted by atomic mass is 9.92. The third-order valence-corrected chi connectivity index (χ3v) is 3.64. The lowest BCUT2D eigenvalue weighted by Gasteiger charge is -2.22. The summed E-state index contributed by atoms with van der Waals surface area (Å²) in [6, 6.07) is 0. The van der Waals surface area contributed by atoms with Crippen molar-refractivity contribution in [2.45, 2.75) is 26.2 Å². The zero-order valence-electron chi connectivity index (χ0n) is 11.2. The van der Waals surface area contributed by atoms with Gasteiger partial charge in [0.2, 0.25) is 0 Å². The molecule has 0 atom stereocenters. The molecule has 1 saturated heterocycles. The molecule has 0 unspecified atom stereocenters. The van der Waals surface area contributed by atoms with E-state index in [9.17, 15) is 0 Å². The van der Waals surface area contributed by atoms with Crippen molar-refractivity contribution in [2.75, 3.05) is 13.1 Å². The van der Waals surface area contributed by atoms with Crippen molar-refractivity contribution in [1.29, 1.82) is 0 Å². The zero-order chi connectivity index (χ0) is 13.1. The molecule has 100 valence electrons. The van der Waals surface area contributed by atoms with Gasteiger partial charge in [-0.25, -0.2) is 9.97 Å². The fraction of sp³-hybridized carbons (Fsp3) is 0.500. The van der Waals surface area contributed by atoms with E-state index in [1.807, 2.05) is 13.1 Å². The first-order valence-electron chi connectivity index (χ1n) is 6.85. The molecular formula is C14H19N5. The fourth-order valence-corrected chi connectivity index (χ4v) is 2.61. The highest BCUT2D eigenvalue weighted by Gasteiger charge is 2.18. The molecule has 0 saturated carbocycles. The maximum Gasteiger partial charge on any atom is 0.158 e. The Morgan fingerprint density at radius 3 is 2.68 bits per heavy atom. The van der Waals surface area contributed by atoms with E-state index in [1.165, 1.54) is 12.8 Å². The molecular weight excluding hydrogens is 238 g/mol. The van der Waals surface area contributed by atoms with Crippen LogP contribution < -0.4 is 5.32 Å². The first kappa shape index (κ1) is 12.3. The summed E-state index contributed by atoms with van der Waals surface area (Å²) in [7, 11) is 0. The molecule has 0 aliphatic carbocycles. The third-order valence-electron chi connectivity index (χ3n) is 3.64. The van der Waals surface area contributed by atoms with E-state index in [4.69, 9.17) is 0 Å². The van der Waals surface area contributed by atoms with Gasteiger partial charge in [-0.3, -0.25) is 4.98 Å². The Balaban J connectivity index is 1.84. The lowest BCUT2D eigenvalue weighted by Crippen LogP contribution is -2.29. The average molecular weight is 257 g/mol. The largest absolute Gasteiger partial charge is 0.341 e. The second-order valence-corrected chi connectivity index (χ2v) is 5.16. The van der Waals surface area contributed by atoms with E-state index >= 15 is 0 Å². The van der Waals surface area contributed by atoms with Gasteiger partial charge in [0.05, 0.1) is 5.69 Å². The van der Waals surface area contributed by atoms with Gasteiger partial charge in [0.1, 0.15) is 5.69 Å². The topological polar surface area (TPSA) is 66.5 Å². The van der Waals surface area contributed by atoms with Crippen LogP contribution in [0.1, 0.15) is 24.2 Å². The van der Waals surface area contributed by atoms with Gasteiger partial charge in [0, 0.05) is 24.3 Å². The van der Waals surface area contributed by atoms with E-state index in [0.717, 1.165) is 42.4 Å². The van der Waals surface area contributed by atoms with E-state index in [1.54, 1.807) is 12.4 Å². The number of aromatic amines is 1. The molecule has 1 fully saturated rings. The lowest BCUT2D eigenvalue weighted by molar-refractivity contribution is 0.370. The molecule has 19 heavy (non-hydrogen) atoms. The SMILES string of the molecule is Cc1cnc(-c2nccnc2CC2CCNCC2)[nH]1. The van der Waals surface area contributed by atoms with Crippen molar-refractivity contribution in [3.8, 4) is 11.5 Å². The molecule has 2 N–H and O–H groups in total. The molecule has 0 spiro atoms. The van der Waals surface area contributed by atoms with Crippen LogP contribution in [0.15, 0.2) is 18.6 Å². The van der Waals surface area contributed by atoms with E-state index in [2.05, 4.69) is 25.3 Å². The van der Waals surface area contributed by atoms with Crippen molar-refractivity contribution < 1.29 is 0 Å². The fourth-order valence-electron chi connectivity index (χ4n) is 2.61. The van der Waals surface area contributed by atoms with Crippen molar-refractivity contribution in [2.24, 2.45) is 5.92 Å². The number of hydrogen-bond acceptors (Lipinski definition) is 4. The predicted molar refractivity (Wildman–Crippen MR) is 73.6 cm³/mol. The summed E-state index contributed by atoms with van der Waals surface area (Å²) >= 11 is 0. The van der Waals surface area contributed by atoms with Crippen LogP contribution in [-0.4, -0.2) is 33.0 Å². The highest BCUT2D eigenvalue weighted by atomic mass is 15.0. The van der Waals surface area contributed by atoms with Crippen LogP contribution in [0.3, 0.4) is 0 Å². The zero-order valence-corrected chi connectivity index (χ0v) is 11.2. The standard InChI is InChI=1S/C14H19N5/c1-10-9-18-14(19-10)13-12(16-6-7-17-13)8-11-2-4-15-5-3-11/h6-7,9,11,15H,2-5,8H2,1H3,(H,18,19). The van der Waals surface area contributed by atoms with E-state index in [-0.39, 0.29) is 0 Å². The van der Waals surface area contributed by atoms with Gasteiger partial charge in [-0.2, -0.15) is 0 Å². The minimum absolute atomic E-state index is 0.702. The number of aryl methyl sites for hydroxylation is 1. The second kappa shape index (κ2) is 5.48. The van der Waals surface area contributed by atoms with Gasteiger partial charge in [-0.05, 0) is 45.2 Å². The number of rotatable bonds is 3. The van der Waals surface area contributed by atoms with Crippen molar-refractivity contribution >= 4 is 0 Å². The Morgan fingerprint density at radius 2 is 1.95 bits per heavy atom. The highest BCUT2D eigenvalue weighted by molar-refractivity contribution is 5.52. The van der Waals surface area contributed by atoms with Crippen LogP contribution in [0.2, 0.25) is 0 Å². The molecule has 0 radical (unpaired) electrons. The van der Waals surface area contributed by atoms with Crippen LogP contribution in [0.5, 0.6) is 0 Å². The Kier molecular flexibility index (Phi) is 3.55. The molecule has 5 heteroatoms. The normalized spacial score (nSPS) is 16.7. The molecule has 1 aliphatic heterocycles. The van der Waals surface area contributed by atoms with Crippen LogP contribution in [-0.2, 0) is 6.42 Å². The number of imidazole rings is 1. The number of nitrogens with one attached hydrogen (secondary N) is 2. The van der Waals surface area contributed by atoms with Crippen LogP contribution in [0.25, 0.3) is 11.5 Å². The quantitative estimate of drug-likeness (QED) is 0.878. The maximum atomic E-state index is 4.52. The molecule has 0 amide bonds. The van der Waals surface area contributed by atoms with Gasteiger partial charge < -0.3 is 10.3 Å². The van der Waals surface area contributed by atoms with Crippen LogP contribution in [0.4, 0.5) is 0 Å². The second-order valence-electron chi connectivity index (χ2n) is 5.16. The molecule has 5 nitrogen and oxygen atoms in total. The van der Waals surface area contributed by atoms with Crippen molar-refractivity contribution in [3.63, 3.8) is 0 Å². The minimum atomic E-state index is 0.702. The summed E-state index contributed by atoms with van der Waals surface area (Å²) in [5, 5.41) is 3.40. The van der Waals surface area contributed by atoms with Crippen molar-refractivity contribution in [3.05, 3.63) is 30.0 Å². The molecule has 3 heterocycles. The number of hydrogen-bond donors (Lipinski definition) is 2. The van der Waals surface area contributed by atoms with Gasteiger partial charge in [-0.1, -0.05) is 0 Å². The first-order chi connectivity index (χ1) is 9.33. The Morgan fingerprint density at radius 1 is 1.16 bits per heavy atom. The molecule has 3 rings (SSSR count). The summed E-state index contributed by atoms with van der Waals surface area (Å²) in [5.74, 6) is 1.53. The van der Waals surface area contributed by atoms with Gasteiger partial charge in [0.25, 0.3) is 0 Å². The minimum Gasteiger partial charge on any atom is -0.341 e. The number of aromatic nitrogens is 4. The van der Waals surface area contributed by atoms with Crippen molar-refractivity contribution in [1.82, 2.24) is 25.3 Å². The van der Waals surface area contributed by atoms with Crippen LogP contribution in [0, 0.1) is 12.8 Å². The molecule has 0 aromatic carbocycles. The smallest absolute Gasteiger partial charge is 0.158 e. The Hall–Kier alpha value is -1.75. The summed E-state index contributed by atoms with van der Waals surface area (Å²) in [4.78, 5) is 16.6. The Bertz CT molecular complexity index is 542. The summed E-state index contributed by atoms with van der Waals surface area (Å²) in [6.07, 6.45) is 8.76. The average Bonchev–Trinajstić information content (AvgIpc) is 2.87. The van der Waals surface area contributed by atoms with Gasteiger partial charge >= 0.3 is 0 Å².